The molecule has 1 saturated carbocycles. The first kappa shape index (κ1) is 24.2. The van der Waals surface area contributed by atoms with Crippen molar-refractivity contribution in [2.75, 3.05) is 13.2 Å². The van der Waals surface area contributed by atoms with Gasteiger partial charge >= 0.3 is 17.9 Å². The molecule has 0 radical (unpaired) electrons. The van der Waals surface area contributed by atoms with Gasteiger partial charge in [0, 0.05) is 26.7 Å². The van der Waals surface area contributed by atoms with Gasteiger partial charge in [0.25, 0.3) is 0 Å². The Labute approximate surface area is 193 Å². The van der Waals surface area contributed by atoms with E-state index in [1.807, 2.05) is 33.8 Å². The average Bonchev–Trinajstić information content (AvgIpc) is 3.48. The van der Waals surface area contributed by atoms with Crippen LogP contribution in [0.25, 0.3) is 0 Å². The van der Waals surface area contributed by atoms with Crippen LogP contribution in [-0.2, 0) is 38.1 Å². The highest BCUT2D eigenvalue weighted by Crippen LogP contribution is 2.72. The molecular weight excluding hydrogens is 432 g/mol. The van der Waals surface area contributed by atoms with Crippen LogP contribution in [0.1, 0.15) is 54.4 Å². The fourth-order valence-electron chi connectivity index (χ4n) is 6.26. The summed E-state index contributed by atoms with van der Waals surface area (Å²) >= 11 is 0. The first-order valence-corrected chi connectivity index (χ1v) is 11.5. The van der Waals surface area contributed by atoms with Gasteiger partial charge in [-0.15, -0.1) is 0 Å². The van der Waals surface area contributed by atoms with Crippen molar-refractivity contribution in [1.29, 1.82) is 0 Å². The van der Waals surface area contributed by atoms with Crippen molar-refractivity contribution in [3.63, 3.8) is 0 Å². The van der Waals surface area contributed by atoms with E-state index in [2.05, 4.69) is 0 Å². The van der Waals surface area contributed by atoms with E-state index >= 15 is 0 Å². The van der Waals surface area contributed by atoms with Gasteiger partial charge in [0.05, 0.1) is 23.5 Å². The minimum Gasteiger partial charge on any atom is -0.465 e. The fraction of sp³-hybridized carbons (Fsp3) is 0.792. The van der Waals surface area contributed by atoms with Crippen molar-refractivity contribution < 1.29 is 43.2 Å². The average molecular weight is 467 g/mol. The molecule has 0 aromatic rings. The molecule has 0 unspecified atom stereocenters. The number of hydrogen-bond donors (Lipinski definition) is 1. The third-order valence-corrected chi connectivity index (χ3v) is 8.00. The van der Waals surface area contributed by atoms with Crippen LogP contribution in [0.15, 0.2) is 11.6 Å². The van der Waals surface area contributed by atoms with Gasteiger partial charge < -0.3 is 28.8 Å². The standard InChI is InChI=1S/C24H34O9/c1-12(2)7-18(27)32-16-9-23(10-29-14(4)25)17(8-13(16)3)33-21-19(28)20(31-15(5)26)22(23,6)24(21)11-30-24/h8,12,16-17,19-21,28H,7,9-11H2,1-6H3/t16-,17+,19-,20-,21-,22+,23+,24-/m0/s1. The highest BCUT2D eigenvalue weighted by molar-refractivity contribution is 5.70. The van der Waals surface area contributed by atoms with Crippen LogP contribution in [0.5, 0.6) is 0 Å². The molecular formula is C24H34O9. The van der Waals surface area contributed by atoms with Crippen molar-refractivity contribution in [3.05, 3.63) is 11.6 Å². The summed E-state index contributed by atoms with van der Waals surface area (Å²) in [6.07, 6.45) is -1.46. The highest BCUT2D eigenvalue weighted by Gasteiger charge is 2.86. The van der Waals surface area contributed by atoms with Crippen molar-refractivity contribution >= 4 is 17.9 Å². The monoisotopic (exact) mass is 466 g/mol. The van der Waals surface area contributed by atoms with E-state index in [1.54, 1.807) is 0 Å². The predicted octanol–water partition coefficient (Wildman–Crippen LogP) is 1.69. The molecule has 4 aliphatic rings. The number of ether oxygens (including phenoxy) is 5. The van der Waals surface area contributed by atoms with Gasteiger partial charge in [-0.25, -0.2) is 0 Å². The molecule has 0 aromatic heterocycles. The lowest BCUT2D eigenvalue weighted by atomic mass is 9.51. The summed E-state index contributed by atoms with van der Waals surface area (Å²) in [5.74, 6) is -1.18. The van der Waals surface area contributed by atoms with E-state index in [0.29, 0.717) is 6.61 Å². The molecule has 9 nitrogen and oxygen atoms in total. The Hall–Kier alpha value is -1.97. The number of rotatable bonds is 6. The third kappa shape index (κ3) is 3.51. The zero-order chi connectivity index (χ0) is 24.3. The molecule has 2 aliphatic carbocycles. The minimum atomic E-state index is -1.11. The van der Waals surface area contributed by atoms with Crippen LogP contribution in [0.4, 0.5) is 0 Å². The van der Waals surface area contributed by atoms with E-state index in [-0.39, 0.29) is 31.3 Å². The molecule has 33 heavy (non-hydrogen) atoms. The maximum absolute atomic E-state index is 12.5. The summed E-state index contributed by atoms with van der Waals surface area (Å²) in [4.78, 5) is 36.4. The quantitative estimate of drug-likeness (QED) is 0.270. The van der Waals surface area contributed by atoms with E-state index in [9.17, 15) is 19.5 Å². The molecule has 3 fully saturated rings. The van der Waals surface area contributed by atoms with Gasteiger partial charge in [-0.05, 0) is 18.4 Å². The zero-order valence-corrected chi connectivity index (χ0v) is 20.1. The Morgan fingerprint density at radius 1 is 1.21 bits per heavy atom. The van der Waals surface area contributed by atoms with E-state index in [4.69, 9.17) is 23.7 Å². The second kappa shape index (κ2) is 8.06. The Kier molecular flexibility index (Phi) is 5.90. The van der Waals surface area contributed by atoms with Gasteiger partial charge in [0.2, 0.25) is 0 Å². The number of carbonyl (C=O) groups excluding carboxylic acids is 3. The van der Waals surface area contributed by atoms with Crippen molar-refractivity contribution in [2.24, 2.45) is 16.7 Å². The summed E-state index contributed by atoms with van der Waals surface area (Å²) in [5, 5.41) is 11.2. The lowest BCUT2D eigenvalue weighted by molar-refractivity contribution is -0.241. The number of aliphatic hydroxyl groups excluding tert-OH is 1. The summed E-state index contributed by atoms with van der Waals surface area (Å²) < 4.78 is 29.4. The van der Waals surface area contributed by atoms with Crippen molar-refractivity contribution in [1.82, 2.24) is 0 Å². The first-order chi connectivity index (χ1) is 15.4. The number of carbonyl (C=O) groups is 3. The number of epoxide rings is 1. The molecule has 8 atom stereocenters. The highest BCUT2D eigenvalue weighted by atomic mass is 16.7. The van der Waals surface area contributed by atoms with Crippen LogP contribution in [-0.4, -0.2) is 72.3 Å². The fourth-order valence-corrected chi connectivity index (χ4v) is 6.26. The second-order valence-corrected chi connectivity index (χ2v) is 10.5. The topological polar surface area (TPSA) is 121 Å². The summed E-state index contributed by atoms with van der Waals surface area (Å²) in [6, 6.07) is 0. The van der Waals surface area contributed by atoms with E-state index in [1.165, 1.54) is 13.8 Å². The maximum Gasteiger partial charge on any atom is 0.306 e. The maximum atomic E-state index is 12.5. The van der Waals surface area contributed by atoms with Crippen LogP contribution in [0, 0.1) is 16.7 Å². The van der Waals surface area contributed by atoms with Gasteiger partial charge in [0.1, 0.15) is 36.6 Å². The van der Waals surface area contributed by atoms with Crippen LogP contribution in [0.2, 0.25) is 0 Å². The molecule has 0 aromatic carbocycles. The molecule has 1 N–H and O–H groups in total. The summed E-state index contributed by atoms with van der Waals surface area (Å²) in [6.45, 7) is 10.5. The number of esters is 3. The largest absolute Gasteiger partial charge is 0.465 e. The molecule has 0 amide bonds. The van der Waals surface area contributed by atoms with Gasteiger partial charge in [0.15, 0.2) is 0 Å². The first-order valence-electron chi connectivity index (χ1n) is 11.5. The molecule has 4 rings (SSSR count). The zero-order valence-electron chi connectivity index (χ0n) is 20.1. The van der Waals surface area contributed by atoms with Crippen LogP contribution >= 0.6 is 0 Å². The minimum absolute atomic E-state index is 0.0617. The van der Waals surface area contributed by atoms with Crippen molar-refractivity contribution in [2.45, 2.75) is 90.5 Å². The number of aliphatic hydroxyl groups is 1. The Balaban J connectivity index is 1.79. The lowest BCUT2D eigenvalue weighted by Gasteiger charge is -2.58. The molecule has 9 heteroatoms. The third-order valence-electron chi connectivity index (χ3n) is 8.00. The summed E-state index contributed by atoms with van der Waals surface area (Å²) in [7, 11) is 0. The smallest absolute Gasteiger partial charge is 0.306 e. The molecule has 2 aliphatic heterocycles. The predicted molar refractivity (Wildman–Crippen MR) is 114 cm³/mol. The normalized spacial score (nSPS) is 43.0. The van der Waals surface area contributed by atoms with Crippen molar-refractivity contribution in [3.8, 4) is 0 Å². The Morgan fingerprint density at radius 2 is 1.88 bits per heavy atom. The Bertz CT molecular complexity index is 875. The van der Waals surface area contributed by atoms with Gasteiger partial charge in [-0.1, -0.05) is 26.8 Å². The van der Waals surface area contributed by atoms with Gasteiger partial charge in [-0.2, -0.15) is 0 Å². The second-order valence-electron chi connectivity index (χ2n) is 10.5. The van der Waals surface area contributed by atoms with E-state index < -0.39 is 58.9 Å². The Morgan fingerprint density at radius 3 is 2.42 bits per heavy atom. The molecule has 184 valence electrons. The number of fused-ring (bicyclic) bond motifs is 2. The van der Waals surface area contributed by atoms with Crippen LogP contribution in [0.3, 0.4) is 0 Å². The number of hydrogen-bond acceptors (Lipinski definition) is 9. The SMILES string of the molecule is CC(=O)OC[C@]12C[C@H](OC(=O)CC(C)C)C(C)=C[C@H]1O[C@H]1[C@@H](O)[C@H](OC(C)=O)[C@@]2(C)[C@]12CO2. The summed E-state index contributed by atoms with van der Waals surface area (Å²) in [5.41, 5.74) is -2.00. The van der Waals surface area contributed by atoms with E-state index in [0.717, 1.165) is 5.57 Å². The van der Waals surface area contributed by atoms with Crippen LogP contribution < -0.4 is 0 Å². The lowest BCUT2D eigenvalue weighted by Crippen LogP contribution is -2.68. The molecule has 2 heterocycles. The molecule has 2 bridgehead atoms. The molecule has 1 spiro atoms. The van der Waals surface area contributed by atoms with Gasteiger partial charge in [-0.3, -0.25) is 14.4 Å². The molecule has 2 saturated heterocycles.